The van der Waals surface area contributed by atoms with Crippen molar-refractivity contribution in [3.05, 3.63) is 64.2 Å². The molecular formula is C26H29ClN2O5. The van der Waals surface area contributed by atoms with Crippen LogP contribution in [0.4, 0.5) is 0 Å². The van der Waals surface area contributed by atoms with E-state index in [4.69, 9.17) is 21.4 Å². The molecule has 0 saturated heterocycles. The minimum absolute atomic E-state index is 0.00609. The number of ether oxygens (including phenoxy) is 1. The molecule has 3 N–H and O–H groups in total. The molecule has 0 unspecified atom stereocenters. The first-order valence-corrected chi connectivity index (χ1v) is 12.1. The van der Waals surface area contributed by atoms with Crippen molar-refractivity contribution in [2.24, 2.45) is 5.92 Å². The van der Waals surface area contributed by atoms with Crippen LogP contribution in [-0.2, 0) is 4.79 Å². The molecule has 2 amide bonds. The van der Waals surface area contributed by atoms with E-state index in [2.05, 4.69) is 10.6 Å². The van der Waals surface area contributed by atoms with E-state index in [1.807, 2.05) is 12.1 Å². The Labute approximate surface area is 203 Å². The molecule has 0 atom stereocenters. The summed E-state index contributed by atoms with van der Waals surface area (Å²) in [7, 11) is 0. The first kappa shape index (κ1) is 24.1. The second-order valence-corrected chi connectivity index (χ2v) is 9.41. The van der Waals surface area contributed by atoms with E-state index in [9.17, 15) is 14.4 Å². The molecule has 0 radical (unpaired) electrons. The highest BCUT2D eigenvalue weighted by molar-refractivity contribution is 6.30. The van der Waals surface area contributed by atoms with Crippen LogP contribution in [-0.4, -0.2) is 42.1 Å². The molecule has 4 rings (SSSR count). The summed E-state index contributed by atoms with van der Waals surface area (Å²) < 4.78 is 6.13. The zero-order valence-corrected chi connectivity index (χ0v) is 19.6. The number of carbonyl (C=O) groups is 3. The molecule has 0 aromatic heterocycles. The van der Waals surface area contributed by atoms with Gasteiger partial charge in [-0.15, -0.1) is 0 Å². The molecule has 0 aliphatic heterocycles. The van der Waals surface area contributed by atoms with E-state index in [1.165, 1.54) is 0 Å². The fourth-order valence-electron chi connectivity index (χ4n) is 4.32. The van der Waals surface area contributed by atoms with Crippen molar-refractivity contribution in [1.82, 2.24) is 10.6 Å². The van der Waals surface area contributed by atoms with Crippen LogP contribution in [0.1, 0.15) is 70.7 Å². The fraction of sp³-hybridized carbons (Fsp3) is 0.423. The lowest BCUT2D eigenvalue weighted by Crippen LogP contribution is -2.35. The fourth-order valence-corrected chi connectivity index (χ4v) is 4.45. The van der Waals surface area contributed by atoms with Crippen molar-refractivity contribution in [3.8, 4) is 5.75 Å². The normalized spacial score (nSPS) is 19.8. The van der Waals surface area contributed by atoms with Gasteiger partial charge in [0.25, 0.3) is 11.8 Å². The summed E-state index contributed by atoms with van der Waals surface area (Å²) in [5.74, 6) is -0.304. The van der Waals surface area contributed by atoms with Gasteiger partial charge in [0.2, 0.25) is 0 Å². The smallest absolute Gasteiger partial charge is 0.306 e. The van der Waals surface area contributed by atoms with Crippen LogP contribution in [0.3, 0.4) is 0 Å². The number of hydrogen-bond donors (Lipinski definition) is 3. The van der Waals surface area contributed by atoms with E-state index >= 15 is 0 Å². The number of carboxylic acid groups (broad SMARTS) is 1. The summed E-state index contributed by atoms with van der Waals surface area (Å²) in [5, 5.41) is 15.4. The molecule has 2 aliphatic rings. The Hall–Kier alpha value is -3.06. The Bertz CT molecular complexity index is 1040. The number of halogens is 1. The van der Waals surface area contributed by atoms with Gasteiger partial charge in [-0.05, 0) is 92.5 Å². The third-order valence-electron chi connectivity index (χ3n) is 6.41. The van der Waals surface area contributed by atoms with Crippen molar-refractivity contribution in [2.45, 2.75) is 50.5 Å². The Kier molecular flexibility index (Phi) is 7.73. The van der Waals surface area contributed by atoms with E-state index in [0.717, 1.165) is 37.0 Å². The number of aliphatic carboxylic acids is 1. The minimum atomic E-state index is -0.727. The lowest BCUT2D eigenvalue weighted by molar-refractivity contribution is -0.143. The van der Waals surface area contributed by atoms with Crippen molar-refractivity contribution < 1.29 is 24.2 Å². The highest BCUT2D eigenvalue weighted by atomic mass is 35.5. The number of hydrogen-bond acceptors (Lipinski definition) is 4. The van der Waals surface area contributed by atoms with Gasteiger partial charge in [-0.3, -0.25) is 14.4 Å². The highest BCUT2D eigenvalue weighted by Gasteiger charge is 2.30. The summed E-state index contributed by atoms with van der Waals surface area (Å²) in [6, 6.07) is 12.2. The number of carbonyl (C=O) groups excluding carboxylic acids is 2. The van der Waals surface area contributed by atoms with E-state index in [-0.39, 0.29) is 23.8 Å². The topological polar surface area (TPSA) is 105 Å². The summed E-state index contributed by atoms with van der Waals surface area (Å²) in [4.78, 5) is 36.1. The average Bonchev–Trinajstić information content (AvgIpc) is 3.68. The Morgan fingerprint density at radius 2 is 1.53 bits per heavy atom. The number of amides is 2. The average molecular weight is 485 g/mol. The Morgan fingerprint density at radius 3 is 2.15 bits per heavy atom. The van der Waals surface area contributed by atoms with Crippen LogP contribution in [0.25, 0.3) is 0 Å². The molecule has 2 aromatic carbocycles. The van der Waals surface area contributed by atoms with Gasteiger partial charge < -0.3 is 20.5 Å². The van der Waals surface area contributed by atoms with E-state index < -0.39 is 5.97 Å². The van der Waals surface area contributed by atoms with Crippen molar-refractivity contribution in [2.75, 3.05) is 13.1 Å². The zero-order chi connectivity index (χ0) is 24.1. The molecule has 180 valence electrons. The third-order valence-corrected chi connectivity index (χ3v) is 6.67. The van der Waals surface area contributed by atoms with Crippen LogP contribution < -0.4 is 15.4 Å². The molecule has 2 fully saturated rings. The molecule has 2 saturated carbocycles. The van der Waals surface area contributed by atoms with Crippen molar-refractivity contribution in [3.63, 3.8) is 0 Å². The van der Waals surface area contributed by atoms with Crippen LogP contribution in [0.2, 0.25) is 5.02 Å². The lowest BCUT2D eigenvalue weighted by Gasteiger charge is -2.27. The monoisotopic (exact) mass is 484 g/mol. The van der Waals surface area contributed by atoms with Gasteiger partial charge in [0, 0.05) is 29.2 Å². The first-order chi connectivity index (χ1) is 16.4. The van der Waals surface area contributed by atoms with Crippen LogP contribution >= 0.6 is 11.6 Å². The summed E-state index contributed by atoms with van der Waals surface area (Å²) in [5.41, 5.74) is 2.13. The molecule has 7 nitrogen and oxygen atoms in total. The Morgan fingerprint density at radius 1 is 0.882 bits per heavy atom. The molecule has 0 heterocycles. The third kappa shape index (κ3) is 6.29. The maximum Gasteiger partial charge on any atom is 0.306 e. The molecule has 0 spiro atoms. The lowest BCUT2D eigenvalue weighted by atomic mass is 9.87. The predicted molar refractivity (Wildman–Crippen MR) is 129 cm³/mol. The van der Waals surface area contributed by atoms with Crippen LogP contribution in [0, 0.1) is 5.92 Å². The minimum Gasteiger partial charge on any atom is -0.490 e. The molecule has 2 aliphatic carbocycles. The molecule has 2 aromatic rings. The van der Waals surface area contributed by atoms with Crippen LogP contribution in [0.5, 0.6) is 5.75 Å². The molecule has 0 bridgehead atoms. The van der Waals surface area contributed by atoms with Gasteiger partial charge in [0.05, 0.1) is 12.0 Å². The van der Waals surface area contributed by atoms with Gasteiger partial charge in [-0.2, -0.15) is 0 Å². The van der Waals surface area contributed by atoms with Crippen molar-refractivity contribution in [1.29, 1.82) is 0 Å². The maximum absolute atomic E-state index is 12.8. The van der Waals surface area contributed by atoms with Gasteiger partial charge in [0.15, 0.2) is 0 Å². The number of nitrogens with one attached hydrogen (secondary N) is 2. The SMILES string of the molecule is O=C(NCCNC(=O)c1ccc(OC2CCC(C(=O)O)CC2)cc1C1CC1)c1ccc(Cl)cc1. The van der Waals surface area contributed by atoms with Crippen molar-refractivity contribution >= 4 is 29.4 Å². The molecular weight excluding hydrogens is 456 g/mol. The van der Waals surface area contributed by atoms with Gasteiger partial charge >= 0.3 is 5.97 Å². The summed E-state index contributed by atoms with van der Waals surface area (Å²) in [6.07, 6.45) is 4.80. The zero-order valence-electron chi connectivity index (χ0n) is 18.9. The number of benzene rings is 2. The number of carboxylic acids is 1. The summed E-state index contributed by atoms with van der Waals surface area (Å²) in [6.45, 7) is 0.625. The predicted octanol–water partition coefficient (Wildman–Crippen LogP) is 4.40. The summed E-state index contributed by atoms with van der Waals surface area (Å²) >= 11 is 5.84. The molecule has 34 heavy (non-hydrogen) atoms. The standard InChI is InChI=1S/C26H29ClN2O5/c27-19-7-3-17(4-8-19)24(30)28-13-14-29-25(31)22-12-11-21(15-23(22)16-1-2-16)34-20-9-5-18(6-10-20)26(32)33/h3-4,7-8,11-12,15-16,18,20H,1-2,5-6,9-10,13-14H2,(H,28,30)(H,29,31)(H,32,33). The number of rotatable bonds is 9. The van der Waals surface area contributed by atoms with E-state index in [0.29, 0.717) is 48.0 Å². The van der Waals surface area contributed by atoms with Gasteiger partial charge in [-0.25, -0.2) is 0 Å². The quantitative estimate of drug-likeness (QED) is 0.457. The molecule has 8 heteroatoms. The van der Waals surface area contributed by atoms with E-state index in [1.54, 1.807) is 30.3 Å². The first-order valence-electron chi connectivity index (χ1n) is 11.8. The Balaban J connectivity index is 1.29. The largest absolute Gasteiger partial charge is 0.490 e. The van der Waals surface area contributed by atoms with Gasteiger partial charge in [-0.1, -0.05) is 11.6 Å². The van der Waals surface area contributed by atoms with Gasteiger partial charge in [0.1, 0.15) is 5.75 Å². The maximum atomic E-state index is 12.8. The van der Waals surface area contributed by atoms with Crippen LogP contribution in [0.15, 0.2) is 42.5 Å². The highest BCUT2D eigenvalue weighted by Crippen LogP contribution is 2.43. The second-order valence-electron chi connectivity index (χ2n) is 8.97. The second kappa shape index (κ2) is 10.9.